The quantitative estimate of drug-likeness (QED) is 0.0671. The number of carbonyl (C=O) groups is 1. The van der Waals surface area contributed by atoms with Gasteiger partial charge in [0.15, 0.2) is 5.79 Å². The Balaban J connectivity index is 0.000000168. The summed E-state index contributed by atoms with van der Waals surface area (Å²) in [6.07, 6.45) is -3.26. The van der Waals surface area contributed by atoms with Gasteiger partial charge in [0, 0.05) is 99.5 Å². The number of aryl methyl sites for hydroxylation is 5. The Bertz CT molecular complexity index is 5000. The summed E-state index contributed by atoms with van der Waals surface area (Å²) >= 11 is 0. The lowest BCUT2D eigenvalue weighted by molar-refractivity contribution is -0.149. The number of halogens is 5. The second kappa shape index (κ2) is 32.0. The standard InChI is InChI=1S/C22H23FN2O5.C11H14FN3O4.C11H14FN3O3.C11H13FN2O5.C11H13FN2O4/c1-5-14-15(23)16(18-17(14)29-22(3,4)30-18)24-11-12(2)19(26)25(21(24)28)20(27)13-9-7-6-8-10-13;1-4-2-15(11(19)14-10(4)13)7-6(12)5(3-16)8(17)9(7)18;1-5-3-15(11(18)14-10(5)13)7-2-8(17)6(4-16)9(7)12;1-4-2-14(11(19)13-10(4)18)7-6(12)5(3-15)8(16)9(7)17;1-5-3-14(11(18)13-10(5)17)7-2-8(16)6(4-15)9(7)12/h6-11,16-18H,5H2,1-4H3;2,7-9,16-18H,3H2,1H3,(H2,13,14,19);3,7-8,16-17H,2,4H2,1H3,(H2,13,14,18);2,7-9,15-17H,3H2,1H3,(H,13,18,19);3,7-8,15-16H,2,4H2,1H3,(H,13,17,18)/t16-,17-,18+;7-,8-,9+;7-,8-;7-,8-,9+;7-,8-/m11010/s1. The number of nitrogens with two attached hydrogens (primary N) is 2. The molecule has 5 aliphatic carbocycles. The maximum atomic E-state index is 15.4. The van der Waals surface area contributed by atoms with E-state index < -0.39 is 191 Å². The van der Waals surface area contributed by atoms with Crippen LogP contribution in [0.4, 0.5) is 33.6 Å². The number of aliphatic hydroxyl groups excluding tert-OH is 10. The van der Waals surface area contributed by atoms with Crippen LogP contribution in [0.15, 0.2) is 157 Å². The number of allylic oxidation sites excluding steroid dienone is 2. The number of aromatic nitrogens is 10. The number of benzene rings is 1. The first-order chi connectivity index (χ1) is 48.8. The molecule has 0 saturated carbocycles. The lowest BCUT2D eigenvalue weighted by Gasteiger charge is -2.24. The summed E-state index contributed by atoms with van der Waals surface area (Å²) in [5.41, 5.74) is 6.28. The van der Waals surface area contributed by atoms with Gasteiger partial charge in [0.25, 0.3) is 22.6 Å². The third-order valence-corrected chi connectivity index (χ3v) is 18.2. The van der Waals surface area contributed by atoms with Gasteiger partial charge in [0.2, 0.25) is 0 Å². The Morgan fingerprint density at radius 1 is 0.529 bits per heavy atom. The number of ether oxygens (including phenoxy) is 2. The van der Waals surface area contributed by atoms with Crippen molar-refractivity contribution in [3.63, 3.8) is 0 Å². The van der Waals surface area contributed by atoms with Gasteiger partial charge in [-0.05, 0) is 72.6 Å². The average molecular weight is 1470 g/mol. The lowest BCUT2D eigenvalue weighted by atomic mass is 10.1. The van der Waals surface area contributed by atoms with Gasteiger partial charge >= 0.3 is 28.4 Å². The van der Waals surface area contributed by atoms with Crippen molar-refractivity contribution in [3.8, 4) is 0 Å². The smallest absolute Gasteiger partial charge is 0.350 e. The largest absolute Gasteiger partial charge is 0.392 e. The molecule has 6 aromatic rings. The van der Waals surface area contributed by atoms with Gasteiger partial charge in [-0.2, -0.15) is 14.5 Å². The van der Waals surface area contributed by atoms with Gasteiger partial charge in [-0.25, -0.2) is 45.9 Å². The van der Waals surface area contributed by atoms with E-state index in [2.05, 4.69) is 15.0 Å². The summed E-state index contributed by atoms with van der Waals surface area (Å²) in [6.45, 7) is 10.2. The minimum atomic E-state index is -1.61. The molecule has 1 saturated heterocycles. The summed E-state index contributed by atoms with van der Waals surface area (Å²) in [5.74, 6) is -5.43. The summed E-state index contributed by atoms with van der Waals surface area (Å²) in [4.78, 5) is 119. The third-order valence-electron chi connectivity index (χ3n) is 18.2. The summed E-state index contributed by atoms with van der Waals surface area (Å²) < 4.78 is 88.4. The van der Waals surface area contributed by atoms with Crippen LogP contribution in [-0.4, -0.2) is 185 Å². The third kappa shape index (κ3) is 15.5. The van der Waals surface area contributed by atoms with Crippen LogP contribution in [0, 0.1) is 34.6 Å². The molecule has 0 radical (unpaired) electrons. The van der Waals surface area contributed by atoms with Crippen molar-refractivity contribution < 1.29 is 87.3 Å². The van der Waals surface area contributed by atoms with Crippen molar-refractivity contribution in [2.75, 3.05) is 37.9 Å². The first-order valence-corrected chi connectivity index (χ1v) is 31.9. The number of nitrogen functional groups attached to an aromatic ring is 2. The number of aromatic amines is 2. The molecule has 6 heterocycles. The Morgan fingerprint density at radius 2 is 0.933 bits per heavy atom. The number of aliphatic hydroxyl groups is 10. The minimum Gasteiger partial charge on any atom is -0.392 e. The molecule has 5 aromatic heterocycles. The molecule has 0 unspecified atom stereocenters. The summed E-state index contributed by atoms with van der Waals surface area (Å²) in [6, 6.07) is 2.12. The molecule has 16 N–H and O–H groups in total. The predicted molar refractivity (Wildman–Crippen MR) is 357 cm³/mol. The first-order valence-electron chi connectivity index (χ1n) is 31.9. The summed E-state index contributed by atoms with van der Waals surface area (Å²) in [7, 11) is 0. The zero-order chi connectivity index (χ0) is 77.3. The van der Waals surface area contributed by atoms with Crippen LogP contribution in [0.3, 0.4) is 0 Å². The number of nitrogens with zero attached hydrogens (tertiary/aromatic N) is 8. The number of hydrogen-bond acceptors (Lipinski definition) is 25. The number of hydrogen-bond donors (Lipinski definition) is 14. The Hall–Kier alpha value is -9.84. The van der Waals surface area contributed by atoms with Crippen molar-refractivity contribution in [2.45, 2.75) is 159 Å². The van der Waals surface area contributed by atoms with E-state index in [1.54, 1.807) is 52.8 Å². The maximum absolute atomic E-state index is 15.4. The van der Waals surface area contributed by atoms with Gasteiger partial charge in [0.1, 0.15) is 95.5 Å². The van der Waals surface area contributed by atoms with Gasteiger partial charge < -0.3 is 72.0 Å². The van der Waals surface area contributed by atoms with Crippen molar-refractivity contribution in [2.24, 2.45) is 0 Å². The monoisotopic (exact) mass is 1470 g/mol. The van der Waals surface area contributed by atoms with Gasteiger partial charge in [0.05, 0.1) is 50.7 Å². The molecule has 12 rings (SSSR count). The SMILES string of the molecule is CCC1=C(F)[C@@H](n2cc(C)c(=O)n(C(=O)c3ccccc3)c2=O)[C@@H]2OC(C)(C)O[C@H]12.Cc1cn([C@@H]2C(F)=C(CO)[C@@H](O)[C@H]2O)c(=O)[nH]c1=O.Cc1cn([C@@H]2C(F)=C(CO)[C@@H](O)[C@H]2O)c(=O)nc1N.Cc1cn([C@H]2C[C@H](O)C(CO)=C2F)c(=O)[nH]c1=O.Cc1cn([C@H]2C[C@H](O)C(CO)=C2F)c(=O)nc1N. The molecule has 104 heavy (non-hydrogen) atoms. The molecule has 562 valence electrons. The van der Waals surface area contributed by atoms with Crippen LogP contribution in [0.1, 0.15) is 108 Å². The van der Waals surface area contributed by atoms with E-state index in [0.717, 1.165) is 29.0 Å². The second-order valence-electron chi connectivity index (χ2n) is 25.4. The normalized spacial score (nSPS) is 25.3. The molecule has 0 bridgehead atoms. The highest BCUT2D eigenvalue weighted by atomic mass is 19.1. The van der Waals surface area contributed by atoms with Crippen LogP contribution >= 0.6 is 0 Å². The molecular weight excluding hydrogens is 1390 g/mol. The van der Waals surface area contributed by atoms with Crippen LogP contribution in [0.25, 0.3) is 0 Å². The molecule has 1 aliphatic heterocycles. The number of nitrogens with one attached hydrogen (secondary N) is 2. The molecule has 33 nitrogen and oxygen atoms in total. The molecular formula is C66H77F5N12O21. The van der Waals surface area contributed by atoms with Crippen LogP contribution in [0.5, 0.6) is 0 Å². The number of H-pyrrole nitrogens is 2. The van der Waals surface area contributed by atoms with Crippen molar-refractivity contribution in [3.05, 3.63) is 235 Å². The molecule has 38 heteroatoms. The highest BCUT2D eigenvalue weighted by molar-refractivity contribution is 5.95. The molecule has 0 amide bonds. The molecule has 13 atom stereocenters. The molecule has 1 fully saturated rings. The van der Waals surface area contributed by atoms with Gasteiger partial charge in [-0.15, -0.1) is 0 Å². The number of fused-ring (bicyclic) bond motifs is 1. The van der Waals surface area contributed by atoms with Gasteiger partial charge in [-0.1, -0.05) is 25.1 Å². The number of carbonyl (C=O) groups excluding carboxylic acids is 1. The highest BCUT2D eigenvalue weighted by Gasteiger charge is 2.55. The fourth-order valence-corrected chi connectivity index (χ4v) is 12.5. The number of anilines is 2. The lowest BCUT2D eigenvalue weighted by Crippen LogP contribution is -2.47. The Morgan fingerprint density at radius 3 is 1.38 bits per heavy atom. The van der Waals surface area contributed by atoms with Crippen LogP contribution < -0.4 is 56.6 Å². The van der Waals surface area contributed by atoms with E-state index >= 15 is 4.39 Å². The molecule has 0 spiro atoms. The van der Waals surface area contributed by atoms with E-state index in [-0.39, 0.29) is 69.0 Å². The number of rotatable bonds is 11. The zero-order valence-corrected chi connectivity index (χ0v) is 56.8. The first kappa shape index (κ1) is 79.9. The van der Waals surface area contributed by atoms with Crippen molar-refractivity contribution in [1.82, 2.24) is 47.3 Å². The van der Waals surface area contributed by atoms with E-state index in [4.69, 9.17) is 41.4 Å². The highest BCUT2D eigenvalue weighted by Crippen LogP contribution is 2.48. The minimum absolute atomic E-state index is 0.00662. The predicted octanol–water partition coefficient (Wildman–Crippen LogP) is -1.30. The molecule has 6 aliphatic rings. The van der Waals surface area contributed by atoms with E-state index in [0.29, 0.717) is 27.7 Å². The van der Waals surface area contributed by atoms with Crippen LogP contribution in [-0.2, 0) is 9.47 Å². The average Bonchev–Trinajstić information content (AvgIpc) is 1.58. The second-order valence-corrected chi connectivity index (χ2v) is 25.4. The van der Waals surface area contributed by atoms with E-state index in [1.165, 1.54) is 57.7 Å². The van der Waals surface area contributed by atoms with Gasteiger partial charge in [-0.3, -0.25) is 52.0 Å². The topological polar surface area (TPSA) is 513 Å². The Kier molecular flexibility index (Phi) is 24.6. The fraction of sp³-hybridized carbons (Fsp3) is 0.439. The van der Waals surface area contributed by atoms with E-state index in [1.807, 2.05) is 4.98 Å². The van der Waals surface area contributed by atoms with Crippen molar-refractivity contribution in [1.29, 1.82) is 0 Å². The Labute approximate surface area is 582 Å². The maximum Gasteiger partial charge on any atom is 0.350 e. The zero-order valence-electron chi connectivity index (χ0n) is 56.8. The van der Waals surface area contributed by atoms with Crippen molar-refractivity contribution >= 4 is 17.5 Å². The molecule has 1 aromatic carbocycles. The summed E-state index contributed by atoms with van der Waals surface area (Å²) in [5, 5.41) is 93.7. The van der Waals surface area contributed by atoms with E-state index in [9.17, 15) is 91.4 Å². The van der Waals surface area contributed by atoms with Crippen LogP contribution in [0.2, 0.25) is 0 Å². The fourth-order valence-electron chi connectivity index (χ4n) is 12.5.